The van der Waals surface area contributed by atoms with E-state index >= 15 is 0 Å². The first-order chi connectivity index (χ1) is 2.41. The Labute approximate surface area is 27.4 Å². The molecule has 0 aliphatic heterocycles. The van der Waals surface area contributed by atoms with Gasteiger partial charge in [-0.05, 0) is 0 Å². The summed E-state index contributed by atoms with van der Waals surface area (Å²) < 4.78 is 20.6. The maximum absolute atomic E-state index is 10.4. The van der Waals surface area contributed by atoms with E-state index in [0.29, 0.717) is 6.34 Å². The maximum atomic E-state index is 10.4. The Bertz CT molecular complexity index is 34.6. The quantitative estimate of drug-likeness (QED) is 0.275. The summed E-state index contributed by atoms with van der Waals surface area (Å²) in [5, 5.41) is 1.74. The van der Waals surface area contributed by atoms with Crippen LogP contribution in [-0.4, -0.2) is 6.34 Å². The van der Waals surface area contributed by atoms with Gasteiger partial charge < -0.3 is 0 Å². The van der Waals surface area contributed by atoms with Gasteiger partial charge in [-0.15, -0.1) is 4.48 Å². The van der Waals surface area contributed by atoms with Crippen LogP contribution in [0.3, 0.4) is 0 Å². The number of rotatable bonds is 1. The van der Waals surface area contributed by atoms with E-state index < -0.39 is 0 Å². The molecule has 0 aliphatic carbocycles. The predicted molar refractivity (Wildman–Crippen MR) is 13.8 cm³/mol. The lowest BCUT2D eigenvalue weighted by molar-refractivity contribution is 0.428. The molecule has 0 aromatic carbocycles. The highest BCUT2D eigenvalue weighted by molar-refractivity contribution is 5.51. The number of halogens is 2. The molecule has 2 nitrogen and oxygen atoms in total. The highest BCUT2D eigenvalue weighted by Gasteiger charge is 1.54. The number of nitrogens with one attached hydrogen (secondary N) is 1. The van der Waals surface area contributed by atoms with Gasteiger partial charge in [0, 0.05) is 0 Å². The van der Waals surface area contributed by atoms with Crippen LogP contribution in [0.2, 0.25) is 0 Å². The highest BCUT2D eigenvalue weighted by Crippen LogP contribution is 1.54. The van der Waals surface area contributed by atoms with Crippen LogP contribution in [0.25, 0.3) is 0 Å². The lowest BCUT2D eigenvalue weighted by Gasteiger charge is -1.65. The third kappa shape index (κ3) is 3.33. The number of hydrogen-bond acceptors (Lipinski definition) is 1. The van der Waals surface area contributed by atoms with Crippen molar-refractivity contribution in [1.82, 2.24) is 5.54 Å². The molecule has 0 radical (unpaired) electrons. The van der Waals surface area contributed by atoms with Crippen LogP contribution in [-0.2, 0) is 0 Å². The zero-order valence-corrected chi connectivity index (χ0v) is 2.28. The van der Waals surface area contributed by atoms with Crippen molar-refractivity contribution in [3.05, 3.63) is 0 Å². The summed E-state index contributed by atoms with van der Waals surface area (Å²) >= 11 is 0. The highest BCUT2D eigenvalue weighted by atomic mass is 19.2. The maximum Gasteiger partial charge on any atom is 0.150 e. The summed E-state index contributed by atoms with van der Waals surface area (Å²) in [5.74, 6) is 0. The number of hydrogen-bond donors (Lipinski definition) is 1. The Morgan fingerprint density at radius 2 is 2.40 bits per heavy atom. The van der Waals surface area contributed by atoms with E-state index in [-0.39, 0.29) is 0 Å². The van der Waals surface area contributed by atoms with E-state index in [1.54, 1.807) is 5.21 Å². The van der Waals surface area contributed by atoms with Gasteiger partial charge in [-0.2, -0.15) is 0 Å². The molecule has 0 amide bonds. The SMILES string of the molecule is F/N=C/NF. The smallest absolute Gasteiger partial charge is 0.150 e. The van der Waals surface area contributed by atoms with Crippen molar-refractivity contribution in [2.24, 2.45) is 5.21 Å². The van der Waals surface area contributed by atoms with Crippen molar-refractivity contribution < 1.29 is 8.96 Å². The molecule has 0 spiro atoms. The van der Waals surface area contributed by atoms with Gasteiger partial charge in [0.25, 0.3) is 0 Å². The minimum atomic E-state index is 0.292. The minimum absolute atomic E-state index is 0.292. The molecule has 0 rings (SSSR count). The van der Waals surface area contributed by atoms with Gasteiger partial charge in [0.05, 0.1) is 0 Å². The first-order valence-corrected chi connectivity index (χ1v) is 0.905. The second kappa shape index (κ2) is 3.33. The van der Waals surface area contributed by atoms with E-state index in [9.17, 15) is 8.96 Å². The van der Waals surface area contributed by atoms with Crippen molar-refractivity contribution in [2.75, 3.05) is 0 Å². The van der Waals surface area contributed by atoms with Gasteiger partial charge in [0.15, 0.2) is 6.34 Å². The van der Waals surface area contributed by atoms with E-state index in [4.69, 9.17) is 0 Å². The van der Waals surface area contributed by atoms with Crippen LogP contribution in [0.4, 0.5) is 8.96 Å². The Hall–Kier alpha value is -0.670. The molecular formula is CH2F2N2. The molecule has 0 atom stereocenters. The van der Waals surface area contributed by atoms with Crippen LogP contribution in [0, 0.1) is 0 Å². The molecule has 0 heterocycles. The van der Waals surface area contributed by atoms with Crippen molar-refractivity contribution in [2.45, 2.75) is 0 Å². The molecule has 0 saturated carbocycles. The molecule has 30 valence electrons. The fraction of sp³-hybridized carbons (Fsp3) is 0. The third-order valence-corrected chi connectivity index (χ3v) is 0.0976. The molecule has 5 heavy (non-hydrogen) atoms. The summed E-state index contributed by atoms with van der Waals surface area (Å²) in [6.07, 6.45) is 0.292. The van der Waals surface area contributed by atoms with Gasteiger partial charge in [-0.1, -0.05) is 9.70 Å². The molecular weight excluding hydrogens is 78.0 g/mol. The summed E-state index contributed by atoms with van der Waals surface area (Å²) in [6, 6.07) is 0. The monoisotopic (exact) mass is 80.0 g/mol. The average Bonchev–Trinajstić information content (AvgIpc) is 1.41. The Balaban J connectivity index is 2.62. The van der Waals surface area contributed by atoms with E-state index in [1.165, 1.54) is 0 Å². The topological polar surface area (TPSA) is 24.4 Å². The Morgan fingerprint density at radius 1 is 1.80 bits per heavy atom. The normalized spacial score (nSPS) is 9.20. The Morgan fingerprint density at radius 3 is 2.40 bits per heavy atom. The summed E-state index contributed by atoms with van der Waals surface area (Å²) in [4.78, 5) is 0. The Kier molecular flexibility index (Phi) is 2.88. The van der Waals surface area contributed by atoms with E-state index in [1.807, 2.05) is 0 Å². The van der Waals surface area contributed by atoms with Gasteiger partial charge in [0.1, 0.15) is 0 Å². The van der Waals surface area contributed by atoms with E-state index in [0.717, 1.165) is 5.54 Å². The lowest BCUT2D eigenvalue weighted by atomic mass is 11.4. The van der Waals surface area contributed by atoms with Crippen molar-refractivity contribution in [3.63, 3.8) is 0 Å². The first kappa shape index (κ1) is 4.33. The van der Waals surface area contributed by atoms with Crippen LogP contribution < -0.4 is 5.54 Å². The zero-order chi connectivity index (χ0) is 4.12. The van der Waals surface area contributed by atoms with Crippen molar-refractivity contribution in [1.29, 1.82) is 0 Å². The van der Waals surface area contributed by atoms with Crippen molar-refractivity contribution >= 4 is 6.34 Å². The molecule has 1 N–H and O–H groups in total. The van der Waals surface area contributed by atoms with Gasteiger partial charge >= 0.3 is 0 Å². The average molecular weight is 80.0 g/mol. The third-order valence-electron chi connectivity index (χ3n) is 0.0976. The summed E-state index contributed by atoms with van der Waals surface area (Å²) in [5.41, 5.74) is 0.851. The second-order valence-corrected chi connectivity index (χ2v) is 0.336. The standard InChI is InChI=1S/CH2F2N2/c2-4-1-5-3/h1H,(H,4,5). The minimum Gasteiger partial charge on any atom is -0.211 e. The summed E-state index contributed by atoms with van der Waals surface area (Å²) in [6.45, 7) is 0. The van der Waals surface area contributed by atoms with Gasteiger partial charge in [-0.3, -0.25) is 0 Å². The summed E-state index contributed by atoms with van der Waals surface area (Å²) in [7, 11) is 0. The first-order valence-electron chi connectivity index (χ1n) is 0.905. The fourth-order valence-corrected chi connectivity index (χ4v) is 0.0184. The van der Waals surface area contributed by atoms with Gasteiger partial charge in [0.2, 0.25) is 0 Å². The van der Waals surface area contributed by atoms with E-state index in [2.05, 4.69) is 0 Å². The molecule has 0 aliphatic rings. The molecule has 0 saturated heterocycles. The predicted octanol–water partition coefficient (Wildman–Crippen LogP) is 0.373. The van der Waals surface area contributed by atoms with Crippen LogP contribution in [0.15, 0.2) is 5.21 Å². The van der Waals surface area contributed by atoms with Crippen LogP contribution >= 0.6 is 0 Å². The van der Waals surface area contributed by atoms with Crippen molar-refractivity contribution in [3.8, 4) is 0 Å². The van der Waals surface area contributed by atoms with Crippen LogP contribution in [0.1, 0.15) is 0 Å². The molecule has 4 heteroatoms. The fourth-order valence-electron chi connectivity index (χ4n) is 0.0184. The lowest BCUT2D eigenvalue weighted by Crippen LogP contribution is -1.90. The second-order valence-electron chi connectivity index (χ2n) is 0.336. The van der Waals surface area contributed by atoms with Gasteiger partial charge in [-0.25, -0.2) is 5.54 Å². The molecule has 0 unspecified atom stereocenters. The molecule has 0 fully saturated rings. The largest absolute Gasteiger partial charge is 0.211 e. The zero-order valence-electron chi connectivity index (χ0n) is 2.28. The molecule has 0 aromatic rings. The van der Waals surface area contributed by atoms with Crippen LogP contribution in [0.5, 0.6) is 0 Å². The molecule has 0 bridgehead atoms. The number of nitrogens with zero attached hydrogens (tertiary/aromatic N) is 1. The molecule has 0 aromatic heterocycles.